The third kappa shape index (κ3) is 2.52. The summed E-state index contributed by atoms with van der Waals surface area (Å²) in [4.78, 5) is 16.0. The molecule has 0 aliphatic rings. The fourth-order valence-corrected chi connectivity index (χ4v) is 1.43. The highest BCUT2D eigenvalue weighted by molar-refractivity contribution is 9.10. The van der Waals surface area contributed by atoms with Gasteiger partial charge in [-0.05, 0) is 35.0 Å². The molecule has 0 aliphatic heterocycles. The fourth-order valence-electron chi connectivity index (χ4n) is 0.903. The molecule has 76 valence electrons. The summed E-state index contributed by atoms with van der Waals surface area (Å²) in [6.45, 7) is 2.05. The molecule has 5 heteroatoms. The van der Waals surface area contributed by atoms with Crippen LogP contribution in [0.15, 0.2) is 22.7 Å². The summed E-state index contributed by atoms with van der Waals surface area (Å²) in [6, 6.07) is 4.31. The van der Waals surface area contributed by atoms with Crippen LogP contribution in [0.1, 0.15) is 17.3 Å². The lowest BCUT2D eigenvalue weighted by atomic mass is 10.2. The predicted molar refractivity (Wildman–Crippen MR) is 53.2 cm³/mol. The molecule has 1 aromatic carbocycles. The lowest BCUT2D eigenvalue weighted by Crippen LogP contribution is -2.25. The molecule has 0 heterocycles. The second-order valence-electron chi connectivity index (χ2n) is 2.46. The molecule has 1 amide bonds. The molecular weight excluding hydrogens is 253 g/mol. The first-order valence-corrected chi connectivity index (χ1v) is 4.82. The van der Waals surface area contributed by atoms with E-state index in [9.17, 15) is 9.18 Å². The Bertz CT molecular complexity index is 323. The van der Waals surface area contributed by atoms with E-state index in [1.165, 1.54) is 12.1 Å². The maximum absolute atomic E-state index is 13.2. The van der Waals surface area contributed by atoms with Gasteiger partial charge in [0.15, 0.2) is 0 Å². The molecule has 0 fully saturated rings. The molecule has 0 atom stereocenters. The lowest BCUT2D eigenvalue weighted by Gasteiger charge is -2.06. The Morgan fingerprint density at radius 3 is 2.93 bits per heavy atom. The molecule has 1 aromatic rings. The molecule has 0 saturated heterocycles. The molecule has 0 spiro atoms. The van der Waals surface area contributed by atoms with Gasteiger partial charge in [-0.25, -0.2) is 9.87 Å². The highest BCUT2D eigenvalue weighted by Crippen LogP contribution is 2.19. The number of hydrogen-bond acceptors (Lipinski definition) is 2. The van der Waals surface area contributed by atoms with E-state index >= 15 is 0 Å². The largest absolute Gasteiger partial charge is 0.278 e. The fraction of sp³-hybridized carbons (Fsp3) is 0.222. The van der Waals surface area contributed by atoms with Gasteiger partial charge in [-0.1, -0.05) is 6.07 Å². The van der Waals surface area contributed by atoms with Crippen molar-refractivity contribution in [3.63, 3.8) is 0 Å². The van der Waals surface area contributed by atoms with Gasteiger partial charge in [0.1, 0.15) is 5.82 Å². The van der Waals surface area contributed by atoms with Gasteiger partial charge in [0.2, 0.25) is 0 Å². The second-order valence-corrected chi connectivity index (χ2v) is 3.32. The number of hydroxylamine groups is 1. The molecule has 0 unspecified atom stereocenters. The molecule has 0 saturated carbocycles. The standard InChI is InChI=1S/C9H9BrFNO2/c1-2-14-12-9(13)8-6(10)4-3-5-7(8)11/h3-5H,2H2,1H3,(H,12,13). The minimum atomic E-state index is -0.600. The van der Waals surface area contributed by atoms with E-state index < -0.39 is 11.7 Å². The maximum atomic E-state index is 13.2. The van der Waals surface area contributed by atoms with Crippen LogP contribution in [0, 0.1) is 5.82 Å². The van der Waals surface area contributed by atoms with Crippen molar-refractivity contribution in [2.75, 3.05) is 6.61 Å². The van der Waals surface area contributed by atoms with E-state index in [0.717, 1.165) is 0 Å². The van der Waals surface area contributed by atoms with Crippen molar-refractivity contribution in [1.29, 1.82) is 0 Å². The molecule has 0 bridgehead atoms. The number of carbonyl (C=O) groups excluding carboxylic acids is 1. The number of amides is 1. The minimum Gasteiger partial charge on any atom is -0.274 e. The first-order valence-electron chi connectivity index (χ1n) is 4.03. The van der Waals surface area contributed by atoms with Crippen molar-refractivity contribution in [3.8, 4) is 0 Å². The zero-order chi connectivity index (χ0) is 10.6. The number of benzene rings is 1. The van der Waals surface area contributed by atoms with Gasteiger partial charge in [0.25, 0.3) is 5.91 Å². The average molecular weight is 262 g/mol. The topological polar surface area (TPSA) is 38.3 Å². The first-order chi connectivity index (χ1) is 6.66. The zero-order valence-corrected chi connectivity index (χ0v) is 9.10. The van der Waals surface area contributed by atoms with Gasteiger partial charge in [0, 0.05) is 4.47 Å². The van der Waals surface area contributed by atoms with Crippen molar-refractivity contribution in [2.45, 2.75) is 6.92 Å². The highest BCUT2D eigenvalue weighted by Gasteiger charge is 2.14. The van der Waals surface area contributed by atoms with Crippen molar-refractivity contribution in [2.24, 2.45) is 0 Å². The van der Waals surface area contributed by atoms with Gasteiger partial charge in [-0.15, -0.1) is 0 Å². The van der Waals surface area contributed by atoms with Crippen LogP contribution in [0.5, 0.6) is 0 Å². The van der Waals surface area contributed by atoms with Crippen LogP contribution in [0.2, 0.25) is 0 Å². The van der Waals surface area contributed by atoms with E-state index in [1.54, 1.807) is 13.0 Å². The SMILES string of the molecule is CCONC(=O)c1c(F)cccc1Br. The smallest absolute Gasteiger partial charge is 0.274 e. The summed E-state index contributed by atoms with van der Waals surface area (Å²) >= 11 is 3.08. The molecule has 14 heavy (non-hydrogen) atoms. The van der Waals surface area contributed by atoms with Crippen LogP contribution in [-0.4, -0.2) is 12.5 Å². The third-order valence-corrected chi connectivity index (χ3v) is 2.16. The van der Waals surface area contributed by atoms with Crippen molar-refractivity contribution in [1.82, 2.24) is 5.48 Å². The van der Waals surface area contributed by atoms with Crippen LogP contribution in [0.25, 0.3) is 0 Å². The molecule has 0 aromatic heterocycles. The molecule has 0 aliphatic carbocycles. The number of nitrogens with one attached hydrogen (secondary N) is 1. The van der Waals surface area contributed by atoms with Crippen LogP contribution in [0.4, 0.5) is 4.39 Å². The van der Waals surface area contributed by atoms with E-state index in [4.69, 9.17) is 0 Å². The summed E-state index contributed by atoms with van der Waals surface area (Å²) in [5, 5.41) is 0. The minimum absolute atomic E-state index is 0.0547. The zero-order valence-electron chi connectivity index (χ0n) is 7.51. The van der Waals surface area contributed by atoms with E-state index in [2.05, 4.69) is 26.2 Å². The van der Waals surface area contributed by atoms with Crippen LogP contribution in [0.3, 0.4) is 0 Å². The average Bonchev–Trinajstić information content (AvgIpc) is 2.14. The third-order valence-electron chi connectivity index (χ3n) is 1.50. The quantitative estimate of drug-likeness (QED) is 0.848. The Balaban J connectivity index is 2.89. The number of halogens is 2. The van der Waals surface area contributed by atoms with Crippen molar-refractivity contribution in [3.05, 3.63) is 34.1 Å². The number of rotatable bonds is 3. The summed E-state index contributed by atoms with van der Waals surface area (Å²) in [6.07, 6.45) is 0. The monoisotopic (exact) mass is 261 g/mol. The summed E-state index contributed by atoms with van der Waals surface area (Å²) < 4.78 is 13.6. The van der Waals surface area contributed by atoms with E-state index in [-0.39, 0.29) is 5.56 Å². The number of carbonyl (C=O) groups is 1. The summed E-state index contributed by atoms with van der Waals surface area (Å²) in [7, 11) is 0. The van der Waals surface area contributed by atoms with E-state index in [0.29, 0.717) is 11.1 Å². The van der Waals surface area contributed by atoms with Gasteiger partial charge in [0.05, 0.1) is 12.2 Å². The Hall–Kier alpha value is -0.940. The van der Waals surface area contributed by atoms with Crippen LogP contribution >= 0.6 is 15.9 Å². The number of hydrogen-bond donors (Lipinski definition) is 1. The lowest BCUT2D eigenvalue weighted by molar-refractivity contribution is 0.0360. The predicted octanol–water partition coefficient (Wildman–Crippen LogP) is 2.27. The molecule has 0 radical (unpaired) electrons. The van der Waals surface area contributed by atoms with Gasteiger partial charge in [-0.2, -0.15) is 0 Å². The Kier molecular flexibility index (Phi) is 4.03. The van der Waals surface area contributed by atoms with Gasteiger partial charge < -0.3 is 0 Å². The van der Waals surface area contributed by atoms with Crippen LogP contribution in [-0.2, 0) is 4.84 Å². The van der Waals surface area contributed by atoms with E-state index in [1.807, 2.05) is 0 Å². The summed E-state index contributed by atoms with van der Waals surface area (Å²) in [5.74, 6) is -1.19. The van der Waals surface area contributed by atoms with Crippen LogP contribution < -0.4 is 5.48 Å². The second kappa shape index (κ2) is 5.07. The first kappa shape index (κ1) is 11.1. The van der Waals surface area contributed by atoms with Gasteiger partial charge in [-0.3, -0.25) is 9.63 Å². The van der Waals surface area contributed by atoms with Crippen molar-refractivity contribution < 1.29 is 14.0 Å². The normalized spacial score (nSPS) is 9.93. The Morgan fingerprint density at radius 2 is 2.36 bits per heavy atom. The highest BCUT2D eigenvalue weighted by atomic mass is 79.9. The van der Waals surface area contributed by atoms with Crippen molar-refractivity contribution >= 4 is 21.8 Å². The van der Waals surface area contributed by atoms with Gasteiger partial charge >= 0.3 is 0 Å². The Labute approximate surface area is 89.3 Å². The Morgan fingerprint density at radius 1 is 1.64 bits per heavy atom. The molecule has 1 N–H and O–H groups in total. The molecule has 3 nitrogen and oxygen atoms in total. The summed E-state index contributed by atoms with van der Waals surface area (Å²) in [5.41, 5.74) is 2.07. The molecular formula is C9H9BrFNO2. The molecule has 1 rings (SSSR count). The maximum Gasteiger partial charge on any atom is 0.278 e.